The van der Waals surface area contributed by atoms with Crippen molar-refractivity contribution in [3.05, 3.63) is 24.0 Å². The van der Waals surface area contributed by atoms with Gasteiger partial charge in [0.2, 0.25) is 0 Å². The summed E-state index contributed by atoms with van der Waals surface area (Å²) in [6.45, 7) is 5.73. The minimum Gasteiger partial charge on any atom is -0.491 e. The Kier molecular flexibility index (Phi) is 6.07. The molecule has 1 rings (SSSR count). The molecule has 0 aliphatic carbocycles. The van der Waals surface area contributed by atoms with Crippen LogP contribution in [0, 0.1) is 5.41 Å². The molecule has 1 heterocycles. The van der Waals surface area contributed by atoms with Crippen LogP contribution in [-0.4, -0.2) is 35.7 Å². The largest absolute Gasteiger partial charge is 0.491 e. The molecule has 1 aromatic heterocycles. The van der Waals surface area contributed by atoms with Crippen LogP contribution >= 0.6 is 0 Å². The van der Waals surface area contributed by atoms with Crippen LogP contribution < -0.4 is 16.0 Å². The summed E-state index contributed by atoms with van der Waals surface area (Å²) in [6, 6.07) is 3.15. The van der Waals surface area contributed by atoms with Gasteiger partial charge in [-0.15, -0.1) is 0 Å². The lowest BCUT2D eigenvalue weighted by Crippen LogP contribution is -2.36. The van der Waals surface area contributed by atoms with E-state index in [9.17, 15) is 4.79 Å². The average Bonchev–Trinajstić information content (AvgIpc) is 2.37. The first-order valence-electron chi connectivity index (χ1n) is 6.31. The molecule has 0 atom stereocenters. The summed E-state index contributed by atoms with van der Waals surface area (Å²) in [5, 5.41) is 10.1. The predicted octanol–water partition coefficient (Wildman–Crippen LogP) is 1.20. The van der Waals surface area contributed by atoms with E-state index in [1.54, 1.807) is 26.8 Å². The monoisotopic (exact) mass is 296 g/mol. The second kappa shape index (κ2) is 7.55. The van der Waals surface area contributed by atoms with Crippen LogP contribution in [0.2, 0.25) is 0 Å². The van der Waals surface area contributed by atoms with Crippen molar-refractivity contribution in [1.82, 2.24) is 10.3 Å². The second-order valence-corrected chi connectivity index (χ2v) is 5.10. The highest BCUT2D eigenvalue weighted by atomic mass is 16.6. The first-order chi connectivity index (χ1) is 9.81. The number of alkyl carbamates (subject to hydrolysis) is 1. The van der Waals surface area contributed by atoms with Crippen molar-refractivity contribution in [2.24, 2.45) is 5.90 Å². The third-order valence-corrected chi connectivity index (χ3v) is 2.08. The number of amidine groups is 1. The van der Waals surface area contributed by atoms with Gasteiger partial charge in [-0.2, -0.15) is 0 Å². The molecule has 0 aliphatic rings. The van der Waals surface area contributed by atoms with E-state index in [4.69, 9.17) is 20.8 Å². The van der Waals surface area contributed by atoms with Crippen molar-refractivity contribution < 1.29 is 19.1 Å². The van der Waals surface area contributed by atoms with Crippen molar-refractivity contribution in [2.45, 2.75) is 26.4 Å². The van der Waals surface area contributed by atoms with Crippen LogP contribution in [0.15, 0.2) is 18.3 Å². The molecular weight excluding hydrogens is 276 g/mol. The Morgan fingerprint density at radius 3 is 2.76 bits per heavy atom. The molecule has 0 unspecified atom stereocenters. The van der Waals surface area contributed by atoms with Gasteiger partial charge in [0, 0.05) is 12.3 Å². The molecule has 1 amide bonds. The number of nitrogens with one attached hydrogen (secondary N) is 2. The molecule has 0 bridgehead atoms. The molecule has 0 fully saturated rings. The second-order valence-electron chi connectivity index (χ2n) is 5.10. The van der Waals surface area contributed by atoms with Crippen molar-refractivity contribution in [1.29, 1.82) is 5.41 Å². The lowest BCUT2D eigenvalue weighted by molar-refractivity contribution is 0.0563. The molecule has 0 saturated carbocycles. The number of hydrogen-bond donors (Lipinski definition) is 3. The fourth-order valence-electron chi connectivity index (χ4n) is 1.31. The molecule has 0 saturated heterocycles. The quantitative estimate of drug-likeness (QED) is 0.325. The Bertz CT molecular complexity index is 499. The lowest BCUT2D eigenvalue weighted by atomic mass is 10.2. The standard InChI is InChI=1S/C13H20N4O4/c1-13(2,3)21-12(18)17-11(14)10-8-9(4-5-16-10)19-6-7-20-15/h4-5,8H,6-7,15H2,1-3H3,(H2,14,17,18). The number of amides is 1. The van der Waals surface area contributed by atoms with E-state index >= 15 is 0 Å². The van der Waals surface area contributed by atoms with Crippen molar-refractivity contribution >= 4 is 11.9 Å². The summed E-state index contributed by atoms with van der Waals surface area (Å²) in [5.41, 5.74) is -0.377. The highest BCUT2D eigenvalue weighted by Gasteiger charge is 2.18. The molecule has 0 radical (unpaired) electrons. The Labute approximate surface area is 123 Å². The van der Waals surface area contributed by atoms with E-state index in [2.05, 4.69) is 15.1 Å². The van der Waals surface area contributed by atoms with Crippen molar-refractivity contribution in [2.75, 3.05) is 13.2 Å². The van der Waals surface area contributed by atoms with E-state index in [1.165, 1.54) is 12.3 Å². The van der Waals surface area contributed by atoms with Gasteiger partial charge in [-0.1, -0.05) is 0 Å². The maximum Gasteiger partial charge on any atom is 0.413 e. The minimum absolute atomic E-state index is 0.176. The average molecular weight is 296 g/mol. The highest BCUT2D eigenvalue weighted by molar-refractivity contribution is 6.03. The highest BCUT2D eigenvalue weighted by Crippen LogP contribution is 2.11. The smallest absolute Gasteiger partial charge is 0.413 e. The fourth-order valence-corrected chi connectivity index (χ4v) is 1.31. The van der Waals surface area contributed by atoms with Crippen LogP contribution in [-0.2, 0) is 9.57 Å². The van der Waals surface area contributed by atoms with Crippen LogP contribution in [0.25, 0.3) is 0 Å². The van der Waals surface area contributed by atoms with Gasteiger partial charge in [-0.05, 0) is 26.8 Å². The number of ether oxygens (including phenoxy) is 2. The Balaban J connectivity index is 2.61. The van der Waals surface area contributed by atoms with E-state index in [0.29, 0.717) is 5.75 Å². The van der Waals surface area contributed by atoms with Gasteiger partial charge >= 0.3 is 6.09 Å². The Morgan fingerprint density at radius 2 is 2.14 bits per heavy atom. The molecule has 116 valence electrons. The van der Waals surface area contributed by atoms with Gasteiger partial charge in [0.25, 0.3) is 0 Å². The molecule has 0 spiro atoms. The molecule has 0 aromatic carbocycles. The van der Waals surface area contributed by atoms with Gasteiger partial charge in [-0.3, -0.25) is 15.7 Å². The first-order valence-corrected chi connectivity index (χ1v) is 6.31. The zero-order valence-electron chi connectivity index (χ0n) is 12.3. The normalized spacial score (nSPS) is 10.9. The topological polar surface area (TPSA) is 120 Å². The molecular formula is C13H20N4O4. The van der Waals surface area contributed by atoms with E-state index in [0.717, 1.165) is 0 Å². The Morgan fingerprint density at radius 1 is 1.43 bits per heavy atom. The summed E-state index contributed by atoms with van der Waals surface area (Å²) < 4.78 is 10.4. The molecule has 0 aliphatic heterocycles. The summed E-state index contributed by atoms with van der Waals surface area (Å²) in [5.74, 6) is 5.21. The number of hydrogen-bond acceptors (Lipinski definition) is 7. The van der Waals surface area contributed by atoms with Gasteiger partial charge < -0.3 is 14.3 Å². The maximum absolute atomic E-state index is 11.6. The minimum atomic E-state index is -0.711. The van der Waals surface area contributed by atoms with Gasteiger partial charge in [0.15, 0.2) is 5.84 Å². The van der Waals surface area contributed by atoms with Gasteiger partial charge in [0.1, 0.15) is 30.3 Å². The number of nitrogens with zero attached hydrogens (tertiary/aromatic N) is 1. The molecule has 8 nitrogen and oxygen atoms in total. The van der Waals surface area contributed by atoms with Gasteiger partial charge in [-0.25, -0.2) is 10.7 Å². The van der Waals surface area contributed by atoms with Crippen LogP contribution in [0.3, 0.4) is 0 Å². The number of pyridine rings is 1. The zero-order chi connectivity index (χ0) is 15.9. The predicted molar refractivity (Wildman–Crippen MR) is 76.1 cm³/mol. The molecule has 8 heteroatoms. The number of rotatable bonds is 5. The third-order valence-electron chi connectivity index (χ3n) is 2.08. The number of aromatic nitrogens is 1. The fraction of sp³-hybridized carbons (Fsp3) is 0.462. The van der Waals surface area contributed by atoms with Crippen LogP contribution in [0.4, 0.5) is 4.79 Å². The summed E-state index contributed by atoms with van der Waals surface area (Å²) >= 11 is 0. The zero-order valence-corrected chi connectivity index (χ0v) is 12.3. The molecule has 21 heavy (non-hydrogen) atoms. The number of nitrogens with two attached hydrogens (primary N) is 1. The summed E-state index contributed by atoms with van der Waals surface area (Å²) in [4.78, 5) is 19.9. The maximum atomic E-state index is 11.6. The summed E-state index contributed by atoms with van der Waals surface area (Å²) in [6.07, 6.45) is 0.761. The Hall–Kier alpha value is -2.19. The number of carbonyl (C=O) groups excluding carboxylic acids is 1. The summed E-state index contributed by atoms with van der Waals surface area (Å²) in [7, 11) is 0. The van der Waals surface area contributed by atoms with E-state index < -0.39 is 11.7 Å². The van der Waals surface area contributed by atoms with E-state index in [1.807, 2.05) is 0 Å². The molecule has 1 aromatic rings. The first kappa shape index (κ1) is 16.9. The van der Waals surface area contributed by atoms with Crippen molar-refractivity contribution in [3.63, 3.8) is 0 Å². The lowest BCUT2D eigenvalue weighted by Gasteiger charge is -2.19. The van der Waals surface area contributed by atoms with Gasteiger partial charge in [0.05, 0.1) is 0 Å². The van der Waals surface area contributed by atoms with E-state index in [-0.39, 0.29) is 24.7 Å². The van der Waals surface area contributed by atoms with Crippen molar-refractivity contribution in [3.8, 4) is 5.75 Å². The third kappa shape index (κ3) is 6.68. The van der Waals surface area contributed by atoms with Crippen LogP contribution in [0.5, 0.6) is 5.75 Å². The SMILES string of the molecule is CC(C)(C)OC(=O)NC(=N)c1cc(OCCON)ccn1. The molecule has 4 N–H and O–H groups in total. The van der Waals surface area contributed by atoms with Crippen LogP contribution in [0.1, 0.15) is 26.5 Å². The number of carbonyl (C=O) groups is 1.